The number of ether oxygens (including phenoxy) is 2. The van der Waals surface area contributed by atoms with E-state index in [0.717, 1.165) is 18.2 Å². The van der Waals surface area contributed by atoms with Crippen LogP contribution < -0.4 is 8.92 Å². The van der Waals surface area contributed by atoms with Gasteiger partial charge in [-0.2, -0.15) is 21.6 Å². The van der Waals surface area contributed by atoms with Crippen LogP contribution in [0.1, 0.15) is 10.4 Å². The summed E-state index contributed by atoms with van der Waals surface area (Å²) in [6.45, 7) is -0.153. The first-order valence-electron chi connectivity index (χ1n) is 4.93. The van der Waals surface area contributed by atoms with Gasteiger partial charge in [0.05, 0.1) is 5.56 Å². The molecule has 0 aliphatic rings. The van der Waals surface area contributed by atoms with Crippen molar-refractivity contribution in [3.63, 3.8) is 0 Å². The van der Waals surface area contributed by atoms with E-state index in [4.69, 9.17) is 4.74 Å². The highest BCUT2D eigenvalue weighted by Crippen LogP contribution is 2.30. The molecule has 1 rings (SSSR count). The zero-order valence-corrected chi connectivity index (χ0v) is 10.8. The Hall–Kier alpha value is -1.81. The number of hydrogen-bond donors (Lipinski definition) is 0. The molecule has 0 fully saturated rings. The summed E-state index contributed by atoms with van der Waals surface area (Å²) in [6.07, 6.45) is 0.140. The Morgan fingerprint density at radius 3 is 2.45 bits per heavy atom. The maximum Gasteiger partial charge on any atom is 0.534 e. The van der Waals surface area contributed by atoms with Crippen molar-refractivity contribution in [3.8, 4) is 11.5 Å². The van der Waals surface area contributed by atoms with Crippen LogP contribution in [0.25, 0.3) is 0 Å². The number of halogens is 3. The van der Waals surface area contributed by atoms with Gasteiger partial charge >= 0.3 is 15.6 Å². The Balaban J connectivity index is 3.05. The molecule has 1 aromatic rings. The number of benzene rings is 1. The summed E-state index contributed by atoms with van der Waals surface area (Å²) in [4.78, 5) is 10.7. The molecule has 0 radical (unpaired) electrons. The molecule has 0 aliphatic heterocycles. The first-order valence-corrected chi connectivity index (χ1v) is 6.34. The van der Waals surface area contributed by atoms with Gasteiger partial charge in [0.15, 0.2) is 18.8 Å². The van der Waals surface area contributed by atoms with Gasteiger partial charge < -0.3 is 13.7 Å². The lowest BCUT2D eigenvalue weighted by molar-refractivity contribution is -0.0500. The molecule has 6 nitrogen and oxygen atoms in total. The summed E-state index contributed by atoms with van der Waals surface area (Å²) < 4.78 is 71.5. The van der Waals surface area contributed by atoms with Crippen LogP contribution >= 0.6 is 0 Å². The summed E-state index contributed by atoms with van der Waals surface area (Å²) in [5.74, 6) is -0.646. The molecule has 0 N–H and O–H groups in total. The molecule has 0 atom stereocenters. The Kier molecular flexibility index (Phi) is 4.95. The largest absolute Gasteiger partial charge is 0.534 e. The van der Waals surface area contributed by atoms with Gasteiger partial charge in [0.2, 0.25) is 0 Å². The second-order valence-electron chi connectivity index (χ2n) is 3.35. The number of alkyl halides is 3. The SMILES string of the molecule is COCOc1ccc(OS(=O)(=O)C(F)(F)F)c(C=O)c1. The van der Waals surface area contributed by atoms with Crippen molar-refractivity contribution in [1.82, 2.24) is 0 Å². The minimum absolute atomic E-state index is 0.103. The number of methoxy groups -OCH3 is 1. The van der Waals surface area contributed by atoms with E-state index < -0.39 is 26.9 Å². The van der Waals surface area contributed by atoms with Crippen LogP contribution in [0.3, 0.4) is 0 Å². The van der Waals surface area contributed by atoms with Crippen LogP contribution in [-0.4, -0.2) is 34.1 Å². The number of rotatable bonds is 6. The second-order valence-corrected chi connectivity index (χ2v) is 4.89. The number of carbonyl (C=O) groups excluding carboxylic acids is 1. The van der Waals surface area contributed by atoms with E-state index in [1.807, 2.05) is 0 Å². The van der Waals surface area contributed by atoms with Crippen LogP contribution in [0.4, 0.5) is 13.2 Å². The minimum Gasteiger partial charge on any atom is -0.468 e. The lowest BCUT2D eigenvalue weighted by Gasteiger charge is -2.12. The highest BCUT2D eigenvalue weighted by molar-refractivity contribution is 7.88. The maximum absolute atomic E-state index is 12.2. The molecule has 1 aromatic carbocycles. The molecular formula is C10H9F3O6S. The highest BCUT2D eigenvalue weighted by Gasteiger charge is 2.48. The van der Waals surface area contributed by atoms with Crippen LogP contribution in [-0.2, 0) is 14.9 Å². The smallest absolute Gasteiger partial charge is 0.468 e. The zero-order valence-electron chi connectivity index (χ0n) is 10.0. The standard InChI is InChI=1S/C10H9F3O6S/c1-17-6-18-8-2-3-9(7(4-8)5-14)19-20(15,16)10(11,12)13/h2-5H,6H2,1H3. The lowest BCUT2D eigenvalue weighted by atomic mass is 10.2. The van der Waals surface area contributed by atoms with Crippen molar-refractivity contribution in [2.45, 2.75) is 5.51 Å². The van der Waals surface area contributed by atoms with Crippen LogP contribution in [0, 0.1) is 0 Å². The predicted octanol–water partition coefficient (Wildman–Crippen LogP) is 1.71. The Morgan fingerprint density at radius 1 is 1.30 bits per heavy atom. The molecule has 112 valence electrons. The van der Waals surface area contributed by atoms with Gasteiger partial charge in [-0.15, -0.1) is 0 Å². The molecule has 0 aliphatic carbocycles. The quantitative estimate of drug-likeness (QED) is 0.344. The van der Waals surface area contributed by atoms with Crippen molar-refractivity contribution >= 4 is 16.4 Å². The molecule has 0 spiro atoms. The van der Waals surface area contributed by atoms with Crippen LogP contribution in [0.2, 0.25) is 0 Å². The zero-order chi connectivity index (χ0) is 15.4. The van der Waals surface area contributed by atoms with Gasteiger partial charge in [0.25, 0.3) is 0 Å². The second kappa shape index (κ2) is 6.09. The molecular weight excluding hydrogens is 305 g/mol. The van der Waals surface area contributed by atoms with Crippen molar-refractivity contribution in [2.24, 2.45) is 0 Å². The average Bonchev–Trinajstić information content (AvgIpc) is 2.35. The maximum atomic E-state index is 12.2. The van der Waals surface area contributed by atoms with Crippen molar-refractivity contribution in [2.75, 3.05) is 13.9 Å². The Bertz CT molecular complexity index is 581. The van der Waals surface area contributed by atoms with Crippen LogP contribution in [0.5, 0.6) is 11.5 Å². The van der Waals surface area contributed by atoms with E-state index in [1.165, 1.54) is 7.11 Å². The van der Waals surface area contributed by atoms with Gasteiger partial charge in [-0.05, 0) is 18.2 Å². The number of hydrogen-bond acceptors (Lipinski definition) is 6. The third kappa shape index (κ3) is 3.84. The van der Waals surface area contributed by atoms with E-state index in [9.17, 15) is 26.4 Å². The fourth-order valence-electron chi connectivity index (χ4n) is 1.08. The topological polar surface area (TPSA) is 78.9 Å². The molecule has 0 unspecified atom stereocenters. The molecule has 0 saturated carbocycles. The van der Waals surface area contributed by atoms with Crippen molar-refractivity contribution < 1.29 is 40.0 Å². The van der Waals surface area contributed by atoms with Crippen LogP contribution in [0.15, 0.2) is 18.2 Å². The van der Waals surface area contributed by atoms with Gasteiger partial charge in [-0.3, -0.25) is 4.79 Å². The molecule has 0 saturated heterocycles. The minimum atomic E-state index is -5.84. The first kappa shape index (κ1) is 16.2. The normalized spacial score (nSPS) is 12.0. The van der Waals surface area contributed by atoms with E-state index in [1.54, 1.807) is 0 Å². The third-order valence-corrected chi connectivity index (χ3v) is 2.90. The summed E-state index contributed by atoms with van der Waals surface area (Å²) in [5, 5.41) is 0. The van der Waals surface area contributed by atoms with E-state index >= 15 is 0 Å². The van der Waals surface area contributed by atoms with Crippen molar-refractivity contribution in [3.05, 3.63) is 23.8 Å². The molecule has 0 heterocycles. The average molecular weight is 314 g/mol. The predicted molar refractivity (Wildman–Crippen MR) is 59.9 cm³/mol. The summed E-state index contributed by atoms with van der Waals surface area (Å²) in [7, 11) is -4.50. The number of carbonyl (C=O) groups is 1. The Labute approximate surface area is 112 Å². The molecule has 0 amide bonds. The monoisotopic (exact) mass is 314 g/mol. The molecule has 0 bridgehead atoms. The lowest BCUT2D eigenvalue weighted by Crippen LogP contribution is -2.28. The van der Waals surface area contributed by atoms with Gasteiger partial charge in [-0.1, -0.05) is 0 Å². The fourth-order valence-corrected chi connectivity index (χ4v) is 1.56. The summed E-state index contributed by atoms with van der Waals surface area (Å²) in [5.41, 5.74) is -6.00. The van der Waals surface area contributed by atoms with Gasteiger partial charge in [0.1, 0.15) is 5.75 Å². The van der Waals surface area contributed by atoms with E-state index in [-0.39, 0.29) is 18.8 Å². The Morgan fingerprint density at radius 2 is 1.95 bits per heavy atom. The van der Waals surface area contributed by atoms with Gasteiger partial charge in [-0.25, -0.2) is 0 Å². The van der Waals surface area contributed by atoms with E-state index in [0.29, 0.717) is 0 Å². The van der Waals surface area contributed by atoms with Crippen molar-refractivity contribution in [1.29, 1.82) is 0 Å². The third-order valence-electron chi connectivity index (χ3n) is 1.93. The number of aldehydes is 1. The molecule has 0 aromatic heterocycles. The summed E-state index contributed by atoms with van der Waals surface area (Å²) >= 11 is 0. The highest BCUT2D eigenvalue weighted by atomic mass is 32.2. The molecule has 20 heavy (non-hydrogen) atoms. The fraction of sp³-hybridized carbons (Fsp3) is 0.300. The van der Waals surface area contributed by atoms with Gasteiger partial charge in [0, 0.05) is 7.11 Å². The molecule has 10 heteroatoms. The van der Waals surface area contributed by atoms with E-state index in [2.05, 4.69) is 8.92 Å². The first-order chi connectivity index (χ1) is 9.21. The summed E-state index contributed by atoms with van der Waals surface area (Å²) in [6, 6.07) is 3.03.